The van der Waals surface area contributed by atoms with Gasteiger partial charge < -0.3 is 4.57 Å². The number of nitrogens with zero attached hydrogens (tertiary/aromatic N) is 1. The summed E-state index contributed by atoms with van der Waals surface area (Å²) in [6, 6.07) is 2.71. The van der Waals surface area contributed by atoms with E-state index in [0.29, 0.717) is 6.04 Å². The number of carbonyl (C=O) groups excluding carboxylic acids is 1. The van der Waals surface area contributed by atoms with Crippen LogP contribution in [0.2, 0.25) is 0 Å². The fourth-order valence-corrected chi connectivity index (χ4v) is 3.96. The van der Waals surface area contributed by atoms with Gasteiger partial charge in [0, 0.05) is 23.0 Å². The molecule has 3 atom stereocenters. The Morgan fingerprint density at radius 1 is 1.31 bits per heavy atom. The topological polar surface area (TPSA) is 22.0 Å². The van der Waals surface area contributed by atoms with Gasteiger partial charge in [-0.2, -0.15) is 0 Å². The van der Waals surface area contributed by atoms with Crippen LogP contribution in [0.3, 0.4) is 0 Å². The van der Waals surface area contributed by atoms with Crippen LogP contribution in [0.5, 0.6) is 0 Å². The largest absolute Gasteiger partial charge is 0.345 e. The molecular formula is C14H19NO. The van der Waals surface area contributed by atoms with Crippen LogP contribution in [0.4, 0.5) is 0 Å². The molecule has 2 aliphatic carbocycles. The van der Waals surface area contributed by atoms with E-state index in [4.69, 9.17) is 0 Å². The monoisotopic (exact) mass is 217 g/mol. The van der Waals surface area contributed by atoms with Gasteiger partial charge >= 0.3 is 0 Å². The van der Waals surface area contributed by atoms with Gasteiger partial charge in [0.25, 0.3) is 0 Å². The van der Waals surface area contributed by atoms with E-state index >= 15 is 0 Å². The van der Waals surface area contributed by atoms with Gasteiger partial charge in [-0.1, -0.05) is 6.42 Å². The average Bonchev–Trinajstić information content (AvgIpc) is 2.92. The standard InChI is InChI=1S/C14H19NO/c1-9-5-13(8-16)10(2)15(9)14-7-11-3-4-12(14)6-11/h5,8,11-12,14H,3-4,6-7H2,1-2H3. The van der Waals surface area contributed by atoms with Crippen molar-refractivity contribution in [2.45, 2.75) is 45.6 Å². The Kier molecular flexibility index (Phi) is 2.20. The highest BCUT2D eigenvalue weighted by Gasteiger charge is 2.41. The molecule has 16 heavy (non-hydrogen) atoms. The number of carbonyl (C=O) groups is 1. The maximum Gasteiger partial charge on any atom is 0.151 e. The Morgan fingerprint density at radius 3 is 2.62 bits per heavy atom. The van der Waals surface area contributed by atoms with Gasteiger partial charge in [0.05, 0.1) is 0 Å². The molecule has 0 amide bonds. The van der Waals surface area contributed by atoms with Gasteiger partial charge in [-0.15, -0.1) is 0 Å². The minimum Gasteiger partial charge on any atom is -0.345 e. The van der Waals surface area contributed by atoms with E-state index < -0.39 is 0 Å². The van der Waals surface area contributed by atoms with Crippen molar-refractivity contribution in [1.82, 2.24) is 4.57 Å². The molecule has 0 spiro atoms. The number of rotatable bonds is 2. The first-order chi connectivity index (χ1) is 7.70. The molecule has 0 aliphatic heterocycles. The fourth-order valence-electron chi connectivity index (χ4n) is 3.96. The van der Waals surface area contributed by atoms with E-state index in [1.807, 2.05) is 6.07 Å². The molecular weight excluding hydrogens is 198 g/mol. The fraction of sp³-hybridized carbons (Fsp3) is 0.643. The van der Waals surface area contributed by atoms with Gasteiger partial charge in [0.1, 0.15) is 0 Å². The molecule has 2 heteroatoms. The molecule has 0 N–H and O–H groups in total. The molecule has 86 valence electrons. The molecule has 3 unspecified atom stereocenters. The highest BCUT2D eigenvalue weighted by atomic mass is 16.1. The molecule has 2 saturated carbocycles. The van der Waals surface area contributed by atoms with Crippen molar-refractivity contribution < 1.29 is 4.79 Å². The molecule has 3 rings (SSSR count). The van der Waals surface area contributed by atoms with Crippen LogP contribution in [0.25, 0.3) is 0 Å². The summed E-state index contributed by atoms with van der Waals surface area (Å²) in [7, 11) is 0. The lowest BCUT2D eigenvalue weighted by molar-refractivity contribution is 0.112. The van der Waals surface area contributed by atoms with Crippen molar-refractivity contribution in [1.29, 1.82) is 0 Å². The van der Waals surface area contributed by atoms with Crippen molar-refractivity contribution in [2.75, 3.05) is 0 Å². The second-order valence-corrected chi connectivity index (χ2v) is 5.56. The summed E-state index contributed by atoms with van der Waals surface area (Å²) >= 11 is 0. The molecule has 0 saturated heterocycles. The Morgan fingerprint density at radius 2 is 2.12 bits per heavy atom. The van der Waals surface area contributed by atoms with Crippen molar-refractivity contribution in [3.8, 4) is 0 Å². The van der Waals surface area contributed by atoms with Gasteiger partial charge in [-0.3, -0.25) is 4.79 Å². The molecule has 2 fully saturated rings. The number of fused-ring (bicyclic) bond motifs is 2. The molecule has 2 aliphatic rings. The van der Waals surface area contributed by atoms with Crippen molar-refractivity contribution in [2.24, 2.45) is 11.8 Å². The van der Waals surface area contributed by atoms with Gasteiger partial charge in [-0.05, 0) is 51.0 Å². The lowest BCUT2D eigenvalue weighted by Crippen LogP contribution is -2.18. The third-order valence-corrected chi connectivity index (χ3v) is 4.68. The molecule has 2 bridgehead atoms. The number of hydrogen-bond donors (Lipinski definition) is 0. The van der Waals surface area contributed by atoms with Crippen LogP contribution < -0.4 is 0 Å². The minimum absolute atomic E-state index is 0.674. The Balaban J connectivity index is 2.00. The lowest BCUT2D eigenvalue weighted by Gasteiger charge is -2.26. The second-order valence-electron chi connectivity index (χ2n) is 5.56. The zero-order chi connectivity index (χ0) is 11.3. The molecule has 1 aromatic rings. The van der Waals surface area contributed by atoms with Gasteiger partial charge in [0.2, 0.25) is 0 Å². The molecule has 1 aromatic heterocycles. The third-order valence-electron chi connectivity index (χ3n) is 4.68. The average molecular weight is 217 g/mol. The van der Waals surface area contributed by atoms with Crippen LogP contribution in [0.15, 0.2) is 6.07 Å². The van der Waals surface area contributed by atoms with Crippen molar-refractivity contribution in [3.63, 3.8) is 0 Å². The summed E-state index contributed by atoms with van der Waals surface area (Å²) < 4.78 is 2.42. The van der Waals surface area contributed by atoms with Crippen LogP contribution in [0.1, 0.15) is 53.5 Å². The van der Waals surface area contributed by atoms with Gasteiger partial charge in [-0.25, -0.2) is 0 Å². The first-order valence-corrected chi connectivity index (χ1v) is 6.34. The number of aryl methyl sites for hydroxylation is 1. The minimum atomic E-state index is 0.674. The predicted molar refractivity (Wildman–Crippen MR) is 63.8 cm³/mol. The Labute approximate surface area is 96.6 Å². The Hall–Kier alpha value is -1.05. The molecule has 1 heterocycles. The van der Waals surface area contributed by atoms with Crippen LogP contribution in [0, 0.1) is 25.7 Å². The predicted octanol–water partition coefficient (Wildman–Crippen LogP) is 3.28. The van der Waals surface area contributed by atoms with Crippen LogP contribution in [-0.2, 0) is 0 Å². The molecule has 2 nitrogen and oxygen atoms in total. The quantitative estimate of drug-likeness (QED) is 0.697. The smallest absolute Gasteiger partial charge is 0.151 e. The normalized spacial score (nSPS) is 32.2. The van der Waals surface area contributed by atoms with E-state index in [1.165, 1.54) is 37.1 Å². The second kappa shape index (κ2) is 3.47. The van der Waals surface area contributed by atoms with E-state index in [9.17, 15) is 4.79 Å². The summed E-state index contributed by atoms with van der Waals surface area (Å²) in [5, 5.41) is 0. The first kappa shape index (κ1) is 10.1. The third kappa shape index (κ3) is 1.28. The summed E-state index contributed by atoms with van der Waals surface area (Å²) in [5.74, 6) is 1.82. The van der Waals surface area contributed by atoms with E-state index in [0.717, 1.165) is 23.7 Å². The zero-order valence-electron chi connectivity index (χ0n) is 10.1. The van der Waals surface area contributed by atoms with Gasteiger partial charge in [0.15, 0.2) is 6.29 Å². The zero-order valence-corrected chi connectivity index (χ0v) is 10.1. The highest BCUT2D eigenvalue weighted by Crippen LogP contribution is 2.51. The van der Waals surface area contributed by atoms with Crippen molar-refractivity contribution in [3.05, 3.63) is 23.0 Å². The lowest BCUT2D eigenvalue weighted by atomic mass is 9.95. The van der Waals surface area contributed by atoms with E-state index in [2.05, 4.69) is 18.4 Å². The number of hydrogen-bond acceptors (Lipinski definition) is 1. The SMILES string of the molecule is Cc1cc(C=O)c(C)n1C1CC2CCC1C2. The van der Waals surface area contributed by atoms with Crippen LogP contribution in [-0.4, -0.2) is 10.9 Å². The summed E-state index contributed by atoms with van der Waals surface area (Å²) in [4.78, 5) is 11.0. The van der Waals surface area contributed by atoms with Crippen molar-refractivity contribution >= 4 is 6.29 Å². The molecule has 0 aromatic carbocycles. The maximum atomic E-state index is 11.0. The van der Waals surface area contributed by atoms with Crippen LogP contribution >= 0.6 is 0 Å². The first-order valence-electron chi connectivity index (χ1n) is 6.34. The maximum absolute atomic E-state index is 11.0. The summed E-state index contributed by atoms with van der Waals surface area (Å²) in [6.45, 7) is 4.22. The highest BCUT2D eigenvalue weighted by molar-refractivity contribution is 5.77. The summed E-state index contributed by atoms with van der Waals surface area (Å²) in [6.07, 6.45) is 6.56. The number of aromatic nitrogens is 1. The summed E-state index contributed by atoms with van der Waals surface area (Å²) in [5.41, 5.74) is 3.31. The molecule has 0 radical (unpaired) electrons. The number of aldehydes is 1. The van der Waals surface area contributed by atoms with E-state index in [-0.39, 0.29) is 0 Å². The Bertz CT molecular complexity index is 432. The van der Waals surface area contributed by atoms with E-state index in [1.54, 1.807) is 0 Å².